The zero-order chi connectivity index (χ0) is 19.5. The van der Waals surface area contributed by atoms with Crippen molar-refractivity contribution >= 4 is 11.8 Å². The molecule has 2 amide bonds. The Morgan fingerprint density at radius 2 is 1.93 bits per heavy atom. The second-order valence-electron chi connectivity index (χ2n) is 7.43. The lowest BCUT2D eigenvalue weighted by Crippen LogP contribution is -2.41. The van der Waals surface area contributed by atoms with Crippen LogP contribution >= 0.6 is 0 Å². The molecule has 4 rings (SSSR count). The Balaban J connectivity index is 1.45. The molecule has 0 aliphatic carbocycles. The van der Waals surface area contributed by atoms with Crippen LogP contribution in [0.3, 0.4) is 0 Å². The number of nitrogens with zero attached hydrogens (tertiary/aromatic N) is 4. The average Bonchev–Trinajstić information content (AvgIpc) is 3.39. The predicted octanol–water partition coefficient (Wildman–Crippen LogP) is 4.53. The van der Waals surface area contributed by atoms with Gasteiger partial charge < -0.3 is 9.42 Å². The lowest BCUT2D eigenvalue weighted by atomic mass is 9.94. The van der Waals surface area contributed by atoms with E-state index >= 15 is 0 Å². The van der Waals surface area contributed by atoms with E-state index in [1.807, 2.05) is 52.0 Å². The van der Waals surface area contributed by atoms with Crippen LogP contribution in [-0.4, -0.2) is 39.0 Å². The summed E-state index contributed by atoms with van der Waals surface area (Å²) in [5.41, 5.74) is 2.87. The summed E-state index contributed by atoms with van der Waals surface area (Å²) in [6, 6.07) is 13.9. The summed E-state index contributed by atoms with van der Waals surface area (Å²) in [5, 5.41) is 11.8. The van der Waals surface area contributed by atoms with Gasteiger partial charge in [0.1, 0.15) is 12.1 Å². The van der Waals surface area contributed by atoms with Gasteiger partial charge in [-0.05, 0) is 26.7 Å². The Hall–Kier alpha value is -3.09. The third kappa shape index (κ3) is 3.78. The number of likely N-dealkylation sites (tertiary alicyclic amines) is 1. The van der Waals surface area contributed by atoms with Crippen LogP contribution < -0.4 is 5.32 Å². The molecule has 3 aromatic rings. The summed E-state index contributed by atoms with van der Waals surface area (Å²) < 4.78 is 6.81. The molecular formula is C21H25N5O2. The predicted molar refractivity (Wildman–Crippen MR) is 107 cm³/mol. The van der Waals surface area contributed by atoms with Crippen molar-refractivity contribution in [3.63, 3.8) is 0 Å². The maximum atomic E-state index is 12.8. The first-order valence-electron chi connectivity index (χ1n) is 9.73. The maximum Gasteiger partial charge on any atom is 0.323 e. The topological polar surface area (TPSA) is 76.2 Å². The Morgan fingerprint density at radius 1 is 1.18 bits per heavy atom. The van der Waals surface area contributed by atoms with E-state index in [9.17, 15) is 4.79 Å². The van der Waals surface area contributed by atoms with Gasteiger partial charge >= 0.3 is 6.03 Å². The highest BCUT2D eigenvalue weighted by molar-refractivity contribution is 5.89. The minimum atomic E-state index is -0.0833. The fraction of sp³-hybridized carbons (Fsp3) is 0.381. The van der Waals surface area contributed by atoms with Gasteiger partial charge in [0, 0.05) is 42.7 Å². The second kappa shape index (κ2) is 7.88. The quantitative estimate of drug-likeness (QED) is 0.722. The van der Waals surface area contributed by atoms with Crippen molar-refractivity contribution in [3.05, 3.63) is 54.4 Å². The number of urea groups is 1. The molecule has 0 saturated carbocycles. The summed E-state index contributed by atoms with van der Waals surface area (Å²) in [6.07, 6.45) is 3.38. The van der Waals surface area contributed by atoms with E-state index in [4.69, 9.17) is 4.52 Å². The maximum absolute atomic E-state index is 12.8. The van der Waals surface area contributed by atoms with E-state index in [0.717, 1.165) is 35.6 Å². The SMILES string of the molecule is CC(C)n1nc(-c2ccccc2)cc1NC(=O)N1CCC(c2ccon2)CC1. The molecule has 3 heterocycles. The molecule has 1 saturated heterocycles. The van der Waals surface area contributed by atoms with Crippen molar-refractivity contribution in [2.45, 2.75) is 38.6 Å². The molecule has 1 aliphatic heterocycles. The van der Waals surface area contributed by atoms with Crippen molar-refractivity contribution in [2.24, 2.45) is 0 Å². The lowest BCUT2D eigenvalue weighted by molar-refractivity contribution is 0.193. The van der Waals surface area contributed by atoms with Crippen LogP contribution in [0.15, 0.2) is 53.3 Å². The van der Waals surface area contributed by atoms with Crippen LogP contribution in [-0.2, 0) is 0 Å². The van der Waals surface area contributed by atoms with Gasteiger partial charge in [0.25, 0.3) is 0 Å². The normalized spacial score (nSPS) is 15.2. The first-order chi connectivity index (χ1) is 13.6. The monoisotopic (exact) mass is 379 g/mol. The van der Waals surface area contributed by atoms with E-state index in [0.29, 0.717) is 19.0 Å². The Labute approximate surface area is 164 Å². The van der Waals surface area contributed by atoms with E-state index in [-0.39, 0.29) is 12.1 Å². The van der Waals surface area contributed by atoms with Crippen molar-refractivity contribution in [1.29, 1.82) is 0 Å². The van der Waals surface area contributed by atoms with Gasteiger partial charge in [0.2, 0.25) is 0 Å². The largest absolute Gasteiger partial charge is 0.365 e. The highest BCUT2D eigenvalue weighted by atomic mass is 16.5. The minimum absolute atomic E-state index is 0.0833. The summed E-state index contributed by atoms with van der Waals surface area (Å²) in [6.45, 7) is 5.51. The number of aromatic nitrogens is 3. The van der Waals surface area contributed by atoms with Crippen LogP contribution in [0.25, 0.3) is 11.3 Å². The number of piperidine rings is 1. The summed E-state index contributed by atoms with van der Waals surface area (Å²) >= 11 is 0. The highest BCUT2D eigenvalue weighted by Gasteiger charge is 2.26. The molecule has 0 radical (unpaired) electrons. The molecule has 1 aromatic carbocycles. The Morgan fingerprint density at radius 3 is 2.57 bits per heavy atom. The van der Waals surface area contributed by atoms with Gasteiger partial charge in [0.05, 0.1) is 11.4 Å². The minimum Gasteiger partial charge on any atom is -0.365 e. The smallest absolute Gasteiger partial charge is 0.323 e. The van der Waals surface area contributed by atoms with Crippen molar-refractivity contribution in [3.8, 4) is 11.3 Å². The zero-order valence-corrected chi connectivity index (χ0v) is 16.2. The number of carbonyl (C=O) groups excluding carboxylic acids is 1. The average molecular weight is 379 g/mol. The molecule has 2 aromatic heterocycles. The number of hydrogen-bond acceptors (Lipinski definition) is 4. The fourth-order valence-corrected chi connectivity index (χ4v) is 3.63. The van der Waals surface area contributed by atoms with E-state index < -0.39 is 0 Å². The number of carbonyl (C=O) groups is 1. The molecule has 0 spiro atoms. The van der Waals surface area contributed by atoms with Gasteiger partial charge in [-0.2, -0.15) is 5.10 Å². The molecule has 0 atom stereocenters. The molecule has 7 nitrogen and oxygen atoms in total. The van der Waals surface area contributed by atoms with Crippen molar-refractivity contribution in [1.82, 2.24) is 19.8 Å². The number of nitrogens with one attached hydrogen (secondary N) is 1. The van der Waals surface area contributed by atoms with Gasteiger partial charge in [-0.1, -0.05) is 35.5 Å². The third-order valence-electron chi connectivity index (χ3n) is 5.19. The third-order valence-corrected chi connectivity index (χ3v) is 5.19. The zero-order valence-electron chi connectivity index (χ0n) is 16.2. The number of rotatable bonds is 4. The second-order valence-corrected chi connectivity index (χ2v) is 7.43. The van der Waals surface area contributed by atoms with Crippen molar-refractivity contribution < 1.29 is 9.32 Å². The van der Waals surface area contributed by atoms with Crippen LogP contribution in [0.5, 0.6) is 0 Å². The summed E-state index contributed by atoms with van der Waals surface area (Å²) in [5.74, 6) is 1.08. The first kappa shape index (κ1) is 18.3. The van der Waals surface area contributed by atoms with Gasteiger partial charge in [-0.25, -0.2) is 9.48 Å². The van der Waals surface area contributed by atoms with E-state index in [1.54, 1.807) is 6.26 Å². The van der Waals surface area contributed by atoms with Crippen LogP contribution in [0.4, 0.5) is 10.6 Å². The van der Waals surface area contributed by atoms with E-state index in [1.165, 1.54) is 0 Å². The number of benzene rings is 1. The first-order valence-corrected chi connectivity index (χ1v) is 9.73. The lowest BCUT2D eigenvalue weighted by Gasteiger charge is -2.31. The van der Waals surface area contributed by atoms with Crippen molar-refractivity contribution in [2.75, 3.05) is 18.4 Å². The van der Waals surface area contributed by atoms with Crippen LogP contribution in [0, 0.1) is 0 Å². The van der Waals surface area contributed by atoms with Gasteiger partial charge in [-0.3, -0.25) is 5.32 Å². The molecule has 0 unspecified atom stereocenters. The number of anilines is 1. The molecule has 28 heavy (non-hydrogen) atoms. The molecule has 146 valence electrons. The Kier molecular flexibility index (Phi) is 5.14. The molecular weight excluding hydrogens is 354 g/mol. The molecule has 7 heteroatoms. The molecule has 1 N–H and O–H groups in total. The molecule has 0 bridgehead atoms. The summed E-state index contributed by atoms with van der Waals surface area (Å²) in [4.78, 5) is 14.7. The summed E-state index contributed by atoms with van der Waals surface area (Å²) in [7, 11) is 0. The highest BCUT2D eigenvalue weighted by Crippen LogP contribution is 2.28. The Bertz CT molecular complexity index is 910. The van der Waals surface area contributed by atoms with Crippen LogP contribution in [0.1, 0.15) is 44.3 Å². The van der Waals surface area contributed by atoms with Gasteiger partial charge in [0.15, 0.2) is 0 Å². The number of amides is 2. The van der Waals surface area contributed by atoms with E-state index in [2.05, 4.69) is 29.4 Å². The standard InChI is InChI=1S/C21H25N5O2/c1-15(2)26-20(14-19(23-26)16-6-4-3-5-7-16)22-21(27)25-11-8-17(9-12-25)18-10-13-28-24-18/h3-7,10,13-15,17H,8-9,11-12H2,1-2H3,(H,22,27). The molecule has 1 aliphatic rings. The van der Waals surface area contributed by atoms with Crippen LogP contribution in [0.2, 0.25) is 0 Å². The number of hydrogen-bond donors (Lipinski definition) is 1. The van der Waals surface area contributed by atoms with Gasteiger partial charge in [-0.15, -0.1) is 0 Å². The molecule has 1 fully saturated rings. The fourth-order valence-electron chi connectivity index (χ4n) is 3.63.